The maximum absolute atomic E-state index is 13.1. The number of hydrogen-bond acceptors (Lipinski definition) is 3. The summed E-state index contributed by atoms with van der Waals surface area (Å²) in [6, 6.07) is 13.0. The van der Waals surface area contributed by atoms with Crippen LogP contribution in [-0.4, -0.2) is 20.1 Å². The number of rotatable bonds is 6. The Balaban J connectivity index is 1.91. The molecule has 0 bridgehead atoms. The van der Waals surface area contributed by atoms with Gasteiger partial charge in [-0.2, -0.15) is 0 Å². The lowest BCUT2D eigenvalue weighted by Gasteiger charge is -2.19. The third kappa shape index (κ3) is 6.26. The Morgan fingerprint density at radius 2 is 1.73 bits per heavy atom. The highest BCUT2D eigenvalue weighted by Gasteiger charge is 2.17. The van der Waals surface area contributed by atoms with Crippen molar-refractivity contribution in [3.63, 3.8) is 0 Å². The van der Waals surface area contributed by atoms with Gasteiger partial charge in [-0.1, -0.05) is 51.1 Å². The van der Waals surface area contributed by atoms with Gasteiger partial charge in [0.15, 0.2) is 9.84 Å². The van der Waals surface area contributed by atoms with Crippen molar-refractivity contribution < 1.29 is 17.6 Å². The van der Waals surface area contributed by atoms with Crippen molar-refractivity contribution in [2.45, 2.75) is 38.4 Å². The zero-order valence-electron chi connectivity index (χ0n) is 15.3. The average Bonchev–Trinajstić information content (AvgIpc) is 2.52. The first-order valence-corrected chi connectivity index (χ1v) is 10.2. The van der Waals surface area contributed by atoms with Crippen LogP contribution in [0.4, 0.5) is 10.1 Å². The Morgan fingerprint density at radius 3 is 2.31 bits per heavy atom. The summed E-state index contributed by atoms with van der Waals surface area (Å²) in [5, 5.41) is 2.50. The molecule has 0 saturated carbocycles. The van der Waals surface area contributed by atoms with Crippen molar-refractivity contribution in [1.82, 2.24) is 0 Å². The standard InChI is InChI=1S/C20H24FNO3S/c1-20(2,3)16-9-7-15(8-10-16)14-26(24,25)12-11-19(23)22-18-6-4-5-17(21)13-18/h4-10,13H,11-12,14H2,1-3H3,(H,22,23). The van der Waals surface area contributed by atoms with E-state index in [0.717, 1.165) is 5.56 Å². The van der Waals surface area contributed by atoms with Crippen LogP contribution >= 0.6 is 0 Å². The van der Waals surface area contributed by atoms with Crippen molar-refractivity contribution in [3.8, 4) is 0 Å². The SMILES string of the molecule is CC(C)(C)c1ccc(CS(=O)(=O)CCC(=O)Nc2cccc(F)c2)cc1. The monoisotopic (exact) mass is 377 g/mol. The van der Waals surface area contributed by atoms with Crippen LogP contribution in [0, 0.1) is 5.82 Å². The molecule has 0 aliphatic heterocycles. The second-order valence-corrected chi connectivity index (χ2v) is 9.53. The normalized spacial score (nSPS) is 12.0. The summed E-state index contributed by atoms with van der Waals surface area (Å²) in [7, 11) is -3.41. The molecular weight excluding hydrogens is 353 g/mol. The van der Waals surface area contributed by atoms with E-state index in [1.165, 1.54) is 18.2 Å². The van der Waals surface area contributed by atoms with Crippen LogP contribution < -0.4 is 5.32 Å². The molecule has 2 rings (SSSR count). The summed E-state index contributed by atoms with van der Waals surface area (Å²) in [6.07, 6.45) is -0.168. The van der Waals surface area contributed by atoms with Gasteiger partial charge in [-0.05, 0) is 34.7 Å². The first kappa shape index (κ1) is 20.1. The van der Waals surface area contributed by atoms with E-state index in [2.05, 4.69) is 26.1 Å². The molecule has 2 aromatic carbocycles. The molecule has 0 spiro atoms. The minimum absolute atomic E-state index is 0.00636. The van der Waals surface area contributed by atoms with E-state index in [4.69, 9.17) is 0 Å². The van der Waals surface area contributed by atoms with E-state index in [-0.39, 0.29) is 23.3 Å². The summed E-state index contributed by atoms with van der Waals surface area (Å²) in [5.41, 5.74) is 2.15. The molecule has 1 amide bonds. The number of carbonyl (C=O) groups excluding carboxylic acids is 1. The minimum atomic E-state index is -3.41. The first-order valence-electron chi connectivity index (χ1n) is 8.40. The molecule has 0 aliphatic carbocycles. The van der Waals surface area contributed by atoms with Crippen molar-refractivity contribution in [2.24, 2.45) is 0 Å². The van der Waals surface area contributed by atoms with Gasteiger partial charge in [0, 0.05) is 12.1 Å². The Hall–Kier alpha value is -2.21. The first-order chi connectivity index (χ1) is 12.0. The van der Waals surface area contributed by atoms with Crippen LogP contribution in [0.25, 0.3) is 0 Å². The van der Waals surface area contributed by atoms with Gasteiger partial charge in [0.05, 0.1) is 11.5 Å². The third-order valence-corrected chi connectivity index (χ3v) is 5.55. The lowest BCUT2D eigenvalue weighted by atomic mass is 9.87. The van der Waals surface area contributed by atoms with Gasteiger partial charge in [0.25, 0.3) is 0 Å². The van der Waals surface area contributed by atoms with Gasteiger partial charge in [0.2, 0.25) is 5.91 Å². The molecule has 0 aliphatic rings. The molecule has 0 saturated heterocycles. The lowest BCUT2D eigenvalue weighted by Crippen LogP contribution is -2.18. The number of benzene rings is 2. The van der Waals surface area contributed by atoms with Crippen LogP contribution in [-0.2, 0) is 25.8 Å². The molecule has 2 aromatic rings. The fourth-order valence-corrected chi connectivity index (χ4v) is 3.81. The smallest absolute Gasteiger partial charge is 0.225 e. The zero-order valence-corrected chi connectivity index (χ0v) is 16.1. The highest BCUT2D eigenvalue weighted by molar-refractivity contribution is 7.90. The highest BCUT2D eigenvalue weighted by atomic mass is 32.2. The number of anilines is 1. The molecule has 6 heteroatoms. The van der Waals surface area contributed by atoms with Crippen molar-refractivity contribution in [3.05, 3.63) is 65.5 Å². The number of hydrogen-bond donors (Lipinski definition) is 1. The molecule has 0 unspecified atom stereocenters. The second-order valence-electron chi connectivity index (χ2n) is 7.35. The molecule has 26 heavy (non-hydrogen) atoms. The highest BCUT2D eigenvalue weighted by Crippen LogP contribution is 2.22. The molecule has 0 atom stereocenters. The van der Waals surface area contributed by atoms with E-state index in [1.54, 1.807) is 6.07 Å². The average molecular weight is 377 g/mol. The lowest BCUT2D eigenvalue weighted by molar-refractivity contribution is -0.115. The van der Waals surface area contributed by atoms with E-state index < -0.39 is 21.6 Å². The van der Waals surface area contributed by atoms with Crippen molar-refractivity contribution in [2.75, 3.05) is 11.1 Å². The molecule has 1 N–H and O–H groups in total. The van der Waals surface area contributed by atoms with Gasteiger partial charge >= 0.3 is 0 Å². The molecule has 0 fully saturated rings. The summed E-state index contributed by atoms with van der Waals surface area (Å²) in [6.45, 7) is 6.28. The zero-order chi connectivity index (χ0) is 19.4. The predicted molar refractivity (Wildman–Crippen MR) is 102 cm³/mol. The minimum Gasteiger partial charge on any atom is -0.326 e. The number of carbonyl (C=O) groups is 1. The van der Waals surface area contributed by atoms with Crippen LogP contribution in [0.5, 0.6) is 0 Å². The maximum Gasteiger partial charge on any atom is 0.225 e. The predicted octanol–water partition coefficient (Wildman–Crippen LogP) is 4.07. The summed E-state index contributed by atoms with van der Waals surface area (Å²) in [4.78, 5) is 11.9. The Labute approximate surface area is 154 Å². The van der Waals surface area contributed by atoms with Crippen LogP contribution in [0.1, 0.15) is 38.3 Å². The number of halogens is 1. The van der Waals surface area contributed by atoms with E-state index in [0.29, 0.717) is 11.3 Å². The molecule has 0 aromatic heterocycles. The molecule has 0 heterocycles. The number of sulfone groups is 1. The number of amides is 1. The maximum atomic E-state index is 13.1. The van der Waals surface area contributed by atoms with Gasteiger partial charge in [-0.25, -0.2) is 12.8 Å². The molecule has 4 nitrogen and oxygen atoms in total. The van der Waals surface area contributed by atoms with Crippen LogP contribution in [0.15, 0.2) is 48.5 Å². The summed E-state index contributed by atoms with van der Waals surface area (Å²) >= 11 is 0. The van der Waals surface area contributed by atoms with Crippen molar-refractivity contribution >= 4 is 21.4 Å². The quantitative estimate of drug-likeness (QED) is 0.825. The Kier molecular flexibility index (Phi) is 6.18. The number of nitrogens with one attached hydrogen (secondary N) is 1. The summed E-state index contributed by atoms with van der Waals surface area (Å²) < 4.78 is 37.6. The largest absolute Gasteiger partial charge is 0.326 e. The van der Waals surface area contributed by atoms with Gasteiger partial charge < -0.3 is 5.32 Å². The van der Waals surface area contributed by atoms with Crippen LogP contribution in [0.3, 0.4) is 0 Å². The van der Waals surface area contributed by atoms with E-state index in [9.17, 15) is 17.6 Å². The van der Waals surface area contributed by atoms with Crippen molar-refractivity contribution in [1.29, 1.82) is 0 Å². The van der Waals surface area contributed by atoms with E-state index in [1.807, 2.05) is 24.3 Å². The van der Waals surface area contributed by atoms with E-state index >= 15 is 0 Å². The third-order valence-electron chi connectivity index (χ3n) is 3.96. The molecule has 0 radical (unpaired) electrons. The molecule has 140 valence electrons. The Bertz CT molecular complexity index is 869. The fourth-order valence-electron chi connectivity index (χ4n) is 2.46. The van der Waals surface area contributed by atoms with Gasteiger partial charge in [0.1, 0.15) is 5.82 Å². The second kappa shape index (κ2) is 7.99. The van der Waals surface area contributed by atoms with Crippen LogP contribution in [0.2, 0.25) is 0 Å². The Morgan fingerprint density at radius 1 is 1.08 bits per heavy atom. The van der Waals surface area contributed by atoms with Gasteiger partial charge in [-0.3, -0.25) is 4.79 Å². The van der Waals surface area contributed by atoms with Gasteiger partial charge in [-0.15, -0.1) is 0 Å². The summed E-state index contributed by atoms with van der Waals surface area (Å²) in [5.74, 6) is -1.28. The molecular formula is C20H24FNO3S. The topological polar surface area (TPSA) is 63.2 Å². The fraction of sp³-hybridized carbons (Fsp3) is 0.350.